The van der Waals surface area contributed by atoms with E-state index < -0.39 is 0 Å². The Bertz CT molecular complexity index is 960. The highest BCUT2D eigenvalue weighted by atomic mass is 16.3. The van der Waals surface area contributed by atoms with Crippen LogP contribution in [0.3, 0.4) is 0 Å². The van der Waals surface area contributed by atoms with Gasteiger partial charge in [-0.25, -0.2) is 0 Å². The molecule has 1 unspecified atom stereocenters. The number of hydrogen-bond donors (Lipinski definition) is 1. The van der Waals surface area contributed by atoms with Gasteiger partial charge in [0.15, 0.2) is 0 Å². The Morgan fingerprint density at radius 3 is 2.45 bits per heavy atom. The minimum atomic E-state index is 0.0464. The molecule has 0 saturated heterocycles. The largest absolute Gasteiger partial charge is 0.508 e. The topological polar surface area (TPSA) is 20.2 Å². The molecule has 0 aliphatic heterocycles. The lowest BCUT2D eigenvalue weighted by Gasteiger charge is -2.19. The second-order valence-electron chi connectivity index (χ2n) is 7.91. The summed E-state index contributed by atoms with van der Waals surface area (Å²) in [6.07, 6.45) is 12.0. The fraction of sp³-hybridized carbons (Fsp3) is 0.286. The summed E-state index contributed by atoms with van der Waals surface area (Å²) in [6.45, 7) is 22.8. The normalized spacial score (nSPS) is 19.4. The molecule has 1 nitrogen and oxygen atoms in total. The van der Waals surface area contributed by atoms with Gasteiger partial charge in [-0.2, -0.15) is 0 Å². The Morgan fingerprint density at radius 2 is 1.86 bits per heavy atom. The average Bonchev–Trinajstić information content (AvgIpc) is 2.80. The highest BCUT2D eigenvalue weighted by molar-refractivity contribution is 5.76. The van der Waals surface area contributed by atoms with Crippen LogP contribution in [0.5, 0.6) is 0 Å². The van der Waals surface area contributed by atoms with E-state index in [1.807, 2.05) is 19.9 Å². The second kappa shape index (κ2) is 9.60. The fourth-order valence-corrected chi connectivity index (χ4v) is 4.05. The molecule has 0 bridgehead atoms. The van der Waals surface area contributed by atoms with Gasteiger partial charge in [0.05, 0.1) is 0 Å². The molecule has 1 aliphatic carbocycles. The van der Waals surface area contributed by atoms with Gasteiger partial charge in [-0.1, -0.05) is 73.4 Å². The monoisotopic (exact) mass is 386 g/mol. The Morgan fingerprint density at radius 1 is 1.17 bits per heavy atom. The molecule has 0 amide bonds. The van der Waals surface area contributed by atoms with E-state index in [1.54, 1.807) is 0 Å². The highest BCUT2D eigenvalue weighted by Crippen LogP contribution is 2.40. The summed E-state index contributed by atoms with van der Waals surface area (Å²) in [5.74, 6) is 0.351. The van der Waals surface area contributed by atoms with Crippen molar-refractivity contribution in [1.29, 1.82) is 0 Å². The third-order valence-electron chi connectivity index (χ3n) is 5.93. The van der Waals surface area contributed by atoms with Gasteiger partial charge < -0.3 is 5.11 Å². The Balaban J connectivity index is 2.64. The predicted molar refractivity (Wildman–Crippen MR) is 128 cm³/mol. The molecule has 0 aromatic heterocycles. The highest BCUT2D eigenvalue weighted by Gasteiger charge is 2.25. The molecule has 0 saturated carbocycles. The van der Waals surface area contributed by atoms with E-state index >= 15 is 0 Å². The van der Waals surface area contributed by atoms with Crippen molar-refractivity contribution in [3.63, 3.8) is 0 Å². The van der Waals surface area contributed by atoms with Gasteiger partial charge in [0.2, 0.25) is 0 Å². The van der Waals surface area contributed by atoms with E-state index in [0.717, 1.165) is 18.4 Å². The van der Waals surface area contributed by atoms with Gasteiger partial charge in [0, 0.05) is 11.5 Å². The smallest absolute Gasteiger partial charge is 0.115 e. The predicted octanol–water partition coefficient (Wildman–Crippen LogP) is 7.90. The maximum absolute atomic E-state index is 9.91. The molecule has 1 N–H and O–H groups in total. The first kappa shape index (κ1) is 22.5. The number of allylic oxidation sites excluding steroid dienone is 9. The molecular formula is C28H34O. The summed E-state index contributed by atoms with van der Waals surface area (Å²) in [5, 5.41) is 9.91. The van der Waals surface area contributed by atoms with E-state index in [1.165, 1.54) is 39.0 Å². The first-order valence-electron chi connectivity index (χ1n) is 10.2. The molecule has 1 atom stereocenters. The van der Waals surface area contributed by atoms with Gasteiger partial charge >= 0.3 is 0 Å². The number of aryl methyl sites for hydroxylation is 1. The lowest BCUT2D eigenvalue weighted by molar-refractivity contribution is 0.428. The quantitative estimate of drug-likeness (QED) is 0.236. The second-order valence-corrected chi connectivity index (χ2v) is 7.91. The van der Waals surface area contributed by atoms with Gasteiger partial charge in [0.25, 0.3) is 0 Å². The molecule has 0 fully saturated rings. The lowest BCUT2D eigenvalue weighted by atomic mass is 9.85. The first-order valence-corrected chi connectivity index (χ1v) is 10.2. The Kier molecular flexibility index (Phi) is 7.45. The van der Waals surface area contributed by atoms with Crippen molar-refractivity contribution in [3.05, 3.63) is 113 Å². The average molecular weight is 387 g/mol. The van der Waals surface area contributed by atoms with E-state index in [-0.39, 0.29) is 5.76 Å². The van der Waals surface area contributed by atoms with Gasteiger partial charge in [0.1, 0.15) is 5.76 Å². The molecule has 1 aromatic carbocycles. The van der Waals surface area contributed by atoms with E-state index in [4.69, 9.17) is 0 Å². The van der Waals surface area contributed by atoms with Gasteiger partial charge in [-0.15, -0.1) is 0 Å². The van der Waals surface area contributed by atoms with Crippen LogP contribution in [-0.2, 0) is 6.42 Å². The van der Waals surface area contributed by atoms with Crippen LogP contribution in [0, 0.1) is 19.8 Å². The minimum Gasteiger partial charge on any atom is -0.508 e. The number of hydrogen-bond acceptors (Lipinski definition) is 1. The summed E-state index contributed by atoms with van der Waals surface area (Å²) in [4.78, 5) is 0. The SMILES string of the molecule is C=C(O)/C(=C/C)C(=C)/C=C1\CC(=C)C(/C(C)=C/C=C\C)Cc2c1ccc(C)c2C. The van der Waals surface area contributed by atoms with Crippen LogP contribution < -0.4 is 0 Å². The molecule has 1 heteroatoms. The van der Waals surface area contributed by atoms with Crippen LogP contribution in [0.1, 0.15) is 49.4 Å². The van der Waals surface area contributed by atoms with Crippen LogP contribution in [0.2, 0.25) is 0 Å². The van der Waals surface area contributed by atoms with Crippen LogP contribution in [0.25, 0.3) is 5.57 Å². The van der Waals surface area contributed by atoms with Crippen LogP contribution >= 0.6 is 0 Å². The fourth-order valence-electron chi connectivity index (χ4n) is 4.05. The van der Waals surface area contributed by atoms with Crippen molar-refractivity contribution in [2.45, 2.75) is 47.5 Å². The molecule has 1 aliphatic rings. The van der Waals surface area contributed by atoms with Crippen LogP contribution in [0.4, 0.5) is 0 Å². The zero-order valence-electron chi connectivity index (χ0n) is 18.6. The number of benzene rings is 1. The van der Waals surface area contributed by atoms with Gasteiger partial charge in [-0.05, 0) is 80.9 Å². The summed E-state index contributed by atoms with van der Waals surface area (Å²) in [7, 11) is 0. The van der Waals surface area contributed by atoms with Crippen molar-refractivity contribution in [3.8, 4) is 0 Å². The maximum atomic E-state index is 9.91. The third kappa shape index (κ3) is 4.98. The Hall–Kier alpha value is -2.80. The van der Waals surface area contributed by atoms with Gasteiger partial charge in [-0.3, -0.25) is 0 Å². The zero-order valence-corrected chi connectivity index (χ0v) is 18.6. The van der Waals surface area contributed by atoms with E-state index in [9.17, 15) is 5.11 Å². The van der Waals surface area contributed by atoms with Crippen molar-refractivity contribution < 1.29 is 5.11 Å². The maximum Gasteiger partial charge on any atom is 0.115 e. The number of aliphatic hydroxyl groups excluding tert-OH is 1. The van der Waals surface area contributed by atoms with Crippen molar-refractivity contribution >= 4 is 5.57 Å². The number of aliphatic hydroxyl groups is 1. The molecule has 29 heavy (non-hydrogen) atoms. The van der Waals surface area contributed by atoms with Crippen molar-refractivity contribution in [2.24, 2.45) is 5.92 Å². The molecular weight excluding hydrogens is 352 g/mol. The van der Waals surface area contributed by atoms with E-state index in [2.05, 4.69) is 76.9 Å². The minimum absolute atomic E-state index is 0.0464. The standard InChI is InChI=1S/C28H34O/c1-9-11-12-19(4)27-17-28-22(7)18(3)13-14-26(28)24(16-21(27)6)15-20(5)25(10-2)23(8)29/h9-15,27,29H,5-6,8,16-17H2,1-4,7H3/b11-9-,19-12+,24-15+,25-10+. The van der Waals surface area contributed by atoms with Crippen LogP contribution in [0.15, 0.2) is 90.3 Å². The van der Waals surface area contributed by atoms with Crippen molar-refractivity contribution in [1.82, 2.24) is 0 Å². The van der Waals surface area contributed by atoms with E-state index in [0.29, 0.717) is 11.5 Å². The third-order valence-corrected chi connectivity index (χ3v) is 5.93. The molecule has 0 heterocycles. The molecule has 0 spiro atoms. The summed E-state index contributed by atoms with van der Waals surface area (Å²) in [6, 6.07) is 4.42. The molecule has 0 radical (unpaired) electrons. The summed E-state index contributed by atoms with van der Waals surface area (Å²) in [5.41, 5.74) is 10.5. The summed E-state index contributed by atoms with van der Waals surface area (Å²) < 4.78 is 0. The zero-order chi connectivity index (χ0) is 21.7. The number of rotatable bonds is 5. The van der Waals surface area contributed by atoms with Crippen molar-refractivity contribution in [2.75, 3.05) is 0 Å². The first-order chi connectivity index (χ1) is 13.7. The molecule has 152 valence electrons. The Labute approximate surface area is 176 Å². The molecule has 2 rings (SSSR count). The number of fused-ring (bicyclic) bond motifs is 1. The van der Waals surface area contributed by atoms with Crippen LogP contribution in [-0.4, -0.2) is 5.11 Å². The molecule has 1 aromatic rings. The lowest BCUT2D eigenvalue weighted by Crippen LogP contribution is -2.09. The summed E-state index contributed by atoms with van der Waals surface area (Å²) >= 11 is 0.